The Labute approximate surface area is 113 Å². The number of hydrogen-bond donors (Lipinski definition) is 2. The summed E-state index contributed by atoms with van der Waals surface area (Å²) in [5.41, 5.74) is 0. The lowest BCUT2D eigenvalue weighted by molar-refractivity contribution is -0.147. The smallest absolute Gasteiger partial charge is 0.326 e. The van der Waals surface area contributed by atoms with Gasteiger partial charge in [0.15, 0.2) is 0 Å². The molecule has 6 nitrogen and oxygen atoms in total. The lowest BCUT2D eigenvalue weighted by atomic mass is 10.1. The third kappa shape index (κ3) is 3.20. The van der Waals surface area contributed by atoms with Gasteiger partial charge in [-0.1, -0.05) is 30.9 Å². The van der Waals surface area contributed by atoms with Crippen molar-refractivity contribution in [3.63, 3.8) is 0 Å². The average Bonchev–Trinajstić information content (AvgIpc) is 2.55. The van der Waals surface area contributed by atoms with Crippen molar-refractivity contribution < 1.29 is 24.6 Å². The van der Waals surface area contributed by atoms with E-state index in [1.54, 1.807) is 0 Å². The van der Waals surface area contributed by atoms with Gasteiger partial charge >= 0.3 is 11.9 Å². The Balaban J connectivity index is 2.85. The van der Waals surface area contributed by atoms with E-state index < -0.39 is 18.0 Å². The Morgan fingerprint density at radius 1 is 1.50 bits per heavy atom. The number of thiocarbonyl (C=S) groups is 1. The Morgan fingerprint density at radius 3 is 2.50 bits per heavy atom. The maximum Gasteiger partial charge on any atom is 0.326 e. The molecule has 1 saturated heterocycles. The monoisotopic (exact) mass is 291 g/mol. The number of hydrogen-bond acceptors (Lipinski definition) is 5. The molecular weight excluding hydrogens is 278 g/mol. The van der Waals surface area contributed by atoms with Crippen LogP contribution in [0.15, 0.2) is 0 Å². The second-order valence-electron chi connectivity index (χ2n) is 3.78. The molecule has 0 bridgehead atoms. The molecule has 0 aromatic heterocycles. The summed E-state index contributed by atoms with van der Waals surface area (Å²) >= 11 is 6.15. The van der Waals surface area contributed by atoms with Crippen LogP contribution in [-0.2, 0) is 14.4 Å². The summed E-state index contributed by atoms with van der Waals surface area (Å²) in [7, 11) is 0. The van der Waals surface area contributed by atoms with Crippen LogP contribution < -0.4 is 0 Å². The molecular formula is C10H13NO5S2. The van der Waals surface area contributed by atoms with Crippen LogP contribution >= 0.6 is 24.0 Å². The van der Waals surface area contributed by atoms with Crippen LogP contribution in [0.5, 0.6) is 0 Å². The number of carboxylic acid groups (broad SMARTS) is 2. The molecule has 1 rings (SSSR count). The number of rotatable bonds is 6. The van der Waals surface area contributed by atoms with Gasteiger partial charge in [-0.2, -0.15) is 0 Å². The van der Waals surface area contributed by atoms with Crippen molar-refractivity contribution >= 4 is 46.1 Å². The van der Waals surface area contributed by atoms with E-state index in [2.05, 4.69) is 0 Å². The van der Waals surface area contributed by atoms with Gasteiger partial charge in [0, 0.05) is 6.42 Å². The van der Waals surface area contributed by atoms with Gasteiger partial charge < -0.3 is 10.2 Å². The first-order valence-electron chi connectivity index (χ1n) is 5.36. The van der Waals surface area contributed by atoms with Crippen LogP contribution in [0.1, 0.15) is 26.2 Å². The predicted octanol–water partition coefficient (Wildman–Crippen LogP) is 0.943. The molecule has 0 spiro atoms. The fourth-order valence-electron chi connectivity index (χ4n) is 1.64. The van der Waals surface area contributed by atoms with Crippen LogP contribution in [0.25, 0.3) is 0 Å². The third-order valence-corrected chi connectivity index (χ3v) is 4.25. The van der Waals surface area contributed by atoms with E-state index in [0.29, 0.717) is 6.42 Å². The van der Waals surface area contributed by atoms with Gasteiger partial charge in [-0.15, -0.1) is 0 Å². The number of amides is 1. The number of carboxylic acids is 2. The van der Waals surface area contributed by atoms with Gasteiger partial charge in [0.05, 0.1) is 5.25 Å². The molecule has 2 atom stereocenters. The molecule has 0 aliphatic carbocycles. The minimum atomic E-state index is -1.23. The van der Waals surface area contributed by atoms with Crippen LogP contribution in [0.2, 0.25) is 0 Å². The van der Waals surface area contributed by atoms with Crippen molar-refractivity contribution in [2.45, 2.75) is 37.5 Å². The topological polar surface area (TPSA) is 94.9 Å². The Morgan fingerprint density at radius 2 is 2.11 bits per heavy atom. The zero-order valence-corrected chi connectivity index (χ0v) is 11.3. The van der Waals surface area contributed by atoms with Gasteiger partial charge in [0.25, 0.3) is 0 Å². The molecule has 2 unspecified atom stereocenters. The number of thioether (sulfide) groups is 1. The van der Waals surface area contributed by atoms with Crippen molar-refractivity contribution in [1.82, 2.24) is 4.90 Å². The largest absolute Gasteiger partial charge is 0.481 e. The molecule has 1 fully saturated rings. The van der Waals surface area contributed by atoms with Crippen molar-refractivity contribution in [3.8, 4) is 0 Å². The second-order valence-corrected chi connectivity index (χ2v) is 5.61. The first-order valence-corrected chi connectivity index (χ1v) is 6.65. The van der Waals surface area contributed by atoms with Gasteiger partial charge in [-0.05, 0) is 12.8 Å². The number of nitrogens with zero attached hydrogens (tertiary/aromatic N) is 1. The summed E-state index contributed by atoms with van der Waals surface area (Å²) in [4.78, 5) is 34.6. The highest BCUT2D eigenvalue weighted by Gasteiger charge is 2.42. The molecule has 1 amide bonds. The molecule has 1 aliphatic rings. The molecule has 0 aromatic carbocycles. The Bertz CT molecular complexity index is 398. The first kappa shape index (κ1) is 14.9. The van der Waals surface area contributed by atoms with E-state index >= 15 is 0 Å². The summed E-state index contributed by atoms with van der Waals surface area (Å²) in [5.74, 6) is -2.67. The summed E-state index contributed by atoms with van der Waals surface area (Å²) in [6.07, 6.45) is 0.101. The van der Waals surface area contributed by atoms with Gasteiger partial charge in [0.1, 0.15) is 10.4 Å². The fraction of sp³-hybridized carbons (Fsp3) is 0.600. The normalized spacial score (nSPS) is 21.2. The lowest BCUT2D eigenvalue weighted by Crippen LogP contribution is -2.45. The maximum absolute atomic E-state index is 11.9. The Hall–Kier alpha value is -1.15. The average molecular weight is 291 g/mol. The number of carbonyl (C=O) groups excluding carboxylic acids is 1. The van der Waals surface area contributed by atoms with Crippen LogP contribution in [0, 0.1) is 0 Å². The van der Waals surface area contributed by atoms with E-state index in [1.165, 1.54) is 0 Å². The second kappa shape index (κ2) is 6.14. The minimum absolute atomic E-state index is 0.145. The molecule has 100 valence electrons. The third-order valence-electron chi connectivity index (χ3n) is 2.55. The van der Waals surface area contributed by atoms with E-state index in [9.17, 15) is 14.4 Å². The number of carbonyl (C=O) groups is 3. The standard InChI is InChI=1S/C10H13NO5S2/c1-2-6-8(14)11(10(17)18-6)5(9(15)16)3-4-7(12)13/h5-6H,2-4H2,1H3,(H,12,13)(H,15,16). The summed E-state index contributed by atoms with van der Waals surface area (Å²) in [6, 6.07) is -1.19. The van der Waals surface area contributed by atoms with Crippen molar-refractivity contribution in [2.24, 2.45) is 0 Å². The van der Waals surface area contributed by atoms with Gasteiger partial charge in [0.2, 0.25) is 5.91 Å². The zero-order valence-electron chi connectivity index (χ0n) is 9.66. The highest BCUT2D eigenvalue weighted by molar-refractivity contribution is 8.24. The van der Waals surface area contributed by atoms with Gasteiger partial charge in [-0.25, -0.2) is 4.79 Å². The quantitative estimate of drug-likeness (QED) is 0.703. The summed E-state index contributed by atoms with van der Waals surface area (Å²) in [6.45, 7) is 1.81. The van der Waals surface area contributed by atoms with Crippen LogP contribution in [0.3, 0.4) is 0 Å². The first-order chi connectivity index (χ1) is 8.38. The van der Waals surface area contributed by atoms with Crippen LogP contribution in [-0.4, -0.2) is 48.6 Å². The number of aliphatic carboxylic acids is 2. The minimum Gasteiger partial charge on any atom is -0.481 e. The SMILES string of the molecule is CCC1SC(=S)N(C(CCC(=O)O)C(=O)O)C1=O. The molecule has 2 N–H and O–H groups in total. The fourth-order valence-corrected chi connectivity index (χ4v) is 3.16. The van der Waals surface area contributed by atoms with E-state index in [0.717, 1.165) is 16.7 Å². The summed E-state index contributed by atoms with van der Waals surface area (Å²) < 4.78 is 0.213. The van der Waals surface area contributed by atoms with Gasteiger partial charge in [-0.3, -0.25) is 14.5 Å². The van der Waals surface area contributed by atoms with E-state index in [1.807, 2.05) is 6.92 Å². The molecule has 18 heavy (non-hydrogen) atoms. The molecule has 1 heterocycles. The molecule has 1 aliphatic heterocycles. The zero-order chi connectivity index (χ0) is 13.9. The molecule has 0 aromatic rings. The molecule has 0 saturated carbocycles. The highest BCUT2D eigenvalue weighted by atomic mass is 32.2. The van der Waals surface area contributed by atoms with Crippen molar-refractivity contribution in [2.75, 3.05) is 0 Å². The Kier molecular flexibility index (Phi) is 5.09. The highest BCUT2D eigenvalue weighted by Crippen LogP contribution is 2.32. The predicted molar refractivity (Wildman–Crippen MR) is 69.4 cm³/mol. The van der Waals surface area contributed by atoms with Crippen molar-refractivity contribution in [3.05, 3.63) is 0 Å². The maximum atomic E-state index is 11.9. The lowest BCUT2D eigenvalue weighted by Gasteiger charge is -2.23. The van der Waals surface area contributed by atoms with Crippen LogP contribution in [0.4, 0.5) is 0 Å². The molecule has 0 radical (unpaired) electrons. The molecule has 8 heteroatoms. The van der Waals surface area contributed by atoms with E-state index in [4.69, 9.17) is 22.4 Å². The summed E-state index contributed by atoms with van der Waals surface area (Å²) in [5, 5.41) is 17.3. The van der Waals surface area contributed by atoms with E-state index in [-0.39, 0.29) is 28.3 Å². The van der Waals surface area contributed by atoms with Crippen molar-refractivity contribution in [1.29, 1.82) is 0 Å².